The second-order valence-electron chi connectivity index (χ2n) is 10.8. The van der Waals surface area contributed by atoms with Gasteiger partial charge in [0.25, 0.3) is 0 Å². The molecule has 3 aliphatic carbocycles. The van der Waals surface area contributed by atoms with Crippen LogP contribution in [0, 0.1) is 23.2 Å². The number of ether oxygens (including phenoxy) is 3. The number of aliphatic hydroxyl groups excluding tert-OH is 3. The molecule has 1 unspecified atom stereocenters. The van der Waals surface area contributed by atoms with Crippen LogP contribution >= 0.6 is 0 Å². The van der Waals surface area contributed by atoms with E-state index in [1.807, 2.05) is 13.0 Å². The third-order valence-electron chi connectivity index (χ3n) is 8.42. The first kappa shape index (κ1) is 25.0. The highest BCUT2D eigenvalue weighted by Gasteiger charge is 2.51. The molecular formula is C26H40O7. The summed E-state index contributed by atoms with van der Waals surface area (Å²) in [7, 11) is 0. The van der Waals surface area contributed by atoms with Crippen LogP contribution in [-0.2, 0) is 19.0 Å². The zero-order chi connectivity index (χ0) is 23.9. The minimum atomic E-state index is -1.36. The zero-order valence-corrected chi connectivity index (χ0v) is 20.3. The van der Waals surface area contributed by atoms with Crippen molar-refractivity contribution < 1.29 is 34.3 Å². The van der Waals surface area contributed by atoms with E-state index in [1.165, 1.54) is 11.1 Å². The van der Waals surface area contributed by atoms with Crippen LogP contribution in [0.5, 0.6) is 0 Å². The number of fused-ring (bicyclic) bond motifs is 3. The van der Waals surface area contributed by atoms with Crippen molar-refractivity contribution in [1.82, 2.24) is 0 Å². The monoisotopic (exact) mass is 464 g/mol. The first-order chi connectivity index (χ1) is 15.7. The highest BCUT2D eigenvalue weighted by Crippen LogP contribution is 2.59. The van der Waals surface area contributed by atoms with Gasteiger partial charge in [-0.15, -0.1) is 0 Å². The molecule has 0 radical (unpaired) electrons. The van der Waals surface area contributed by atoms with E-state index in [0.717, 1.165) is 38.4 Å². The lowest BCUT2D eigenvalue weighted by Gasteiger charge is -2.47. The van der Waals surface area contributed by atoms with Crippen molar-refractivity contribution in [2.45, 2.75) is 96.6 Å². The molecule has 0 spiro atoms. The fraction of sp³-hybridized carbons (Fsp3) is 0.808. The summed E-state index contributed by atoms with van der Waals surface area (Å²) in [5.41, 5.74) is 3.78. The fourth-order valence-corrected chi connectivity index (χ4v) is 6.66. The van der Waals surface area contributed by atoms with Crippen LogP contribution in [0.4, 0.5) is 0 Å². The highest BCUT2D eigenvalue weighted by atomic mass is 16.7. The fourth-order valence-electron chi connectivity index (χ4n) is 6.66. The van der Waals surface area contributed by atoms with Crippen molar-refractivity contribution in [2.24, 2.45) is 23.2 Å². The summed E-state index contributed by atoms with van der Waals surface area (Å²) in [6, 6.07) is 0. The molecule has 3 N–H and O–H groups in total. The quantitative estimate of drug-likeness (QED) is 0.410. The Hall–Kier alpha value is -1.09. The smallest absolute Gasteiger partial charge is 0.186 e. The summed E-state index contributed by atoms with van der Waals surface area (Å²) >= 11 is 0. The van der Waals surface area contributed by atoms with Crippen molar-refractivity contribution in [2.75, 3.05) is 13.2 Å². The molecule has 0 amide bonds. The number of carbonyl (C=O) groups is 1. The van der Waals surface area contributed by atoms with Gasteiger partial charge < -0.3 is 29.5 Å². The maximum Gasteiger partial charge on any atom is 0.186 e. The van der Waals surface area contributed by atoms with Crippen molar-refractivity contribution in [3.63, 3.8) is 0 Å². The molecule has 33 heavy (non-hydrogen) atoms. The second-order valence-corrected chi connectivity index (χ2v) is 10.8. The Kier molecular flexibility index (Phi) is 7.49. The Morgan fingerprint density at radius 1 is 1.24 bits per heavy atom. The topological polar surface area (TPSA) is 105 Å². The summed E-state index contributed by atoms with van der Waals surface area (Å²) in [5.74, 6) is 0.780. The zero-order valence-electron chi connectivity index (χ0n) is 20.3. The molecule has 7 nitrogen and oxygen atoms in total. The molecule has 1 aliphatic heterocycles. The van der Waals surface area contributed by atoms with Gasteiger partial charge in [0.15, 0.2) is 6.29 Å². The van der Waals surface area contributed by atoms with E-state index in [-0.39, 0.29) is 30.0 Å². The molecule has 0 aromatic heterocycles. The third-order valence-corrected chi connectivity index (χ3v) is 8.42. The Balaban J connectivity index is 1.72. The predicted molar refractivity (Wildman–Crippen MR) is 122 cm³/mol. The van der Waals surface area contributed by atoms with Gasteiger partial charge in [-0.05, 0) is 68.3 Å². The van der Waals surface area contributed by atoms with Crippen LogP contribution in [0.15, 0.2) is 22.8 Å². The molecule has 4 aliphatic rings. The van der Waals surface area contributed by atoms with Crippen LogP contribution < -0.4 is 0 Å². The van der Waals surface area contributed by atoms with Gasteiger partial charge in [-0.3, -0.25) is 4.79 Å². The molecule has 0 aromatic carbocycles. The second kappa shape index (κ2) is 9.88. The molecule has 0 aromatic rings. The molecule has 186 valence electrons. The molecule has 2 fully saturated rings. The maximum absolute atomic E-state index is 12.1. The van der Waals surface area contributed by atoms with Crippen LogP contribution in [0.3, 0.4) is 0 Å². The third kappa shape index (κ3) is 4.60. The lowest BCUT2D eigenvalue weighted by atomic mass is 9.60. The summed E-state index contributed by atoms with van der Waals surface area (Å²) in [4.78, 5) is 12.1. The summed E-state index contributed by atoms with van der Waals surface area (Å²) in [5, 5.41) is 30.4. The average Bonchev–Trinajstić information content (AvgIpc) is 3.07. The molecule has 4 rings (SSSR count). The van der Waals surface area contributed by atoms with Gasteiger partial charge in [-0.2, -0.15) is 0 Å². The molecule has 1 saturated heterocycles. The average molecular weight is 465 g/mol. The highest BCUT2D eigenvalue weighted by molar-refractivity contribution is 5.75. The van der Waals surface area contributed by atoms with Crippen LogP contribution in [0.25, 0.3) is 0 Å². The number of carbonyl (C=O) groups excluding carboxylic acids is 1. The minimum Gasteiger partial charge on any atom is -0.388 e. The van der Waals surface area contributed by atoms with Gasteiger partial charge in [0, 0.05) is 12.2 Å². The number of rotatable bonds is 6. The molecule has 1 saturated carbocycles. The van der Waals surface area contributed by atoms with E-state index < -0.39 is 30.7 Å². The van der Waals surface area contributed by atoms with E-state index in [1.54, 1.807) is 0 Å². The van der Waals surface area contributed by atoms with Crippen LogP contribution in [0.1, 0.15) is 59.8 Å². The van der Waals surface area contributed by atoms with Crippen LogP contribution in [-0.4, -0.2) is 71.6 Å². The summed E-state index contributed by atoms with van der Waals surface area (Å²) in [6.45, 7) is 9.24. The Labute approximate surface area is 196 Å². The van der Waals surface area contributed by atoms with Gasteiger partial charge in [-0.25, -0.2) is 0 Å². The number of aldehydes is 1. The van der Waals surface area contributed by atoms with Crippen molar-refractivity contribution in [1.29, 1.82) is 0 Å². The van der Waals surface area contributed by atoms with Gasteiger partial charge >= 0.3 is 0 Å². The number of allylic oxidation sites excluding steroid dienone is 2. The maximum atomic E-state index is 12.1. The lowest BCUT2D eigenvalue weighted by molar-refractivity contribution is -0.283. The van der Waals surface area contributed by atoms with Crippen molar-refractivity contribution >= 4 is 6.29 Å². The van der Waals surface area contributed by atoms with Gasteiger partial charge in [0.05, 0.1) is 18.8 Å². The van der Waals surface area contributed by atoms with E-state index in [0.29, 0.717) is 18.1 Å². The van der Waals surface area contributed by atoms with Gasteiger partial charge in [0.1, 0.15) is 24.6 Å². The normalized spacial score (nSPS) is 43.7. The molecule has 7 heteroatoms. The Morgan fingerprint density at radius 2 is 2.00 bits per heavy atom. The SMILES string of the molecule is CCO[C@H]1C[C@@H]2C3=C(C(C)C)CC[C@]3(C)CCC2[C@@H](O[C@@H]2OC[C@@H](O)[C@H](O)[C@H]2O)C=C1C=O. The van der Waals surface area contributed by atoms with E-state index in [4.69, 9.17) is 14.2 Å². The first-order valence-corrected chi connectivity index (χ1v) is 12.5. The molecule has 0 bridgehead atoms. The first-order valence-electron chi connectivity index (χ1n) is 12.5. The standard InChI is InChI=1S/C26H40O7/c1-5-31-20-11-18-17(7-9-26(4)8-6-16(14(2)3)22(18)26)21(10-15(20)12-27)33-25-24(30)23(29)19(28)13-32-25/h10,12,14,17-21,23-25,28-30H,5-9,11,13H2,1-4H3/t17?,18-,19+,20-,21-,23-,24+,25-,26+/m0/s1. The Morgan fingerprint density at radius 3 is 2.67 bits per heavy atom. The van der Waals surface area contributed by atoms with Crippen LogP contribution in [0.2, 0.25) is 0 Å². The Bertz CT molecular complexity index is 790. The predicted octanol–water partition coefficient (Wildman–Crippen LogP) is 2.52. The summed E-state index contributed by atoms with van der Waals surface area (Å²) < 4.78 is 17.9. The van der Waals surface area contributed by atoms with E-state index in [2.05, 4.69) is 20.8 Å². The lowest BCUT2D eigenvalue weighted by Crippen LogP contribution is -2.55. The van der Waals surface area contributed by atoms with Gasteiger partial charge in [0.2, 0.25) is 0 Å². The number of aliphatic hydroxyl groups is 3. The molecular weight excluding hydrogens is 424 g/mol. The minimum absolute atomic E-state index is 0.111. The van der Waals surface area contributed by atoms with Crippen molar-refractivity contribution in [3.8, 4) is 0 Å². The van der Waals surface area contributed by atoms with E-state index in [9.17, 15) is 20.1 Å². The largest absolute Gasteiger partial charge is 0.388 e. The van der Waals surface area contributed by atoms with Gasteiger partial charge in [-0.1, -0.05) is 31.9 Å². The number of hydrogen-bond acceptors (Lipinski definition) is 7. The van der Waals surface area contributed by atoms with E-state index >= 15 is 0 Å². The van der Waals surface area contributed by atoms with Crippen molar-refractivity contribution in [3.05, 3.63) is 22.8 Å². The number of hydrogen-bond donors (Lipinski definition) is 3. The molecule has 9 atom stereocenters. The molecule has 1 heterocycles. The summed E-state index contributed by atoms with van der Waals surface area (Å²) in [6.07, 6.45) is 2.01.